The Morgan fingerprint density at radius 2 is 1.94 bits per heavy atom. The topological polar surface area (TPSA) is 37.3 Å². The second kappa shape index (κ2) is 6.60. The first-order valence-corrected chi connectivity index (χ1v) is 5.84. The molecule has 1 atom stereocenters. The first-order valence-electron chi connectivity index (χ1n) is 5.84. The molecular weight excluding hydrogens is 224 g/mol. The lowest BCUT2D eigenvalue weighted by Crippen LogP contribution is -2.31. The molecule has 0 bridgehead atoms. The Bertz CT molecular complexity index is 457. The number of aliphatic carboxylic acids is 1. The average Bonchev–Trinajstić information content (AvgIpc) is 2.39. The lowest BCUT2D eigenvalue weighted by atomic mass is 9.79. The third kappa shape index (κ3) is 3.45. The normalized spacial score (nSPS) is 14.7. The van der Waals surface area contributed by atoms with Crippen LogP contribution >= 0.6 is 0 Å². The molecule has 0 spiro atoms. The van der Waals surface area contributed by atoms with E-state index >= 15 is 0 Å². The van der Waals surface area contributed by atoms with Crippen molar-refractivity contribution < 1.29 is 9.90 Å². The van der Waals surface area contributed by atoms with Gasteiger partial charge >= 0.3 is 5.97 Å². The van der Waals surface area contributed by atoms with E-state index in [4.69, 9.17) is 0 Å². The van der Waals surface area contributed by atoms with Crippen molar-refractivity contribution in [1.29, 1.82) is 0 Å². The Balaban J connectivity index is 2.89. The fourth-order valence-corrected chi connectivity index (χ4v) is 1.66. The van der Waals surface area contributed by atoms with E-state index in [9.17, 15) is 9.90 Å². The molecule has 0 aliphatic carbocycles. The number of hydrogen-bond donors (Lipinski definition) is 1. The summed E-state index contributed by atoms with van der Waals surface area (Å²) >= 11 is 0. The van der Waals surface area contributed by atoms with Gasteiger partial charge < -0.3 is 5.11 Å². The zero-order chi connectivity index (χ0) is 13.4. The lowest BCUT2D eigenvalue weighted by Gasteiger charge is -2.23. The molecule has 0 aliphatic rings. The van der Waals surface area contributed by atoms with E-state index in [0.717, 1.165) is 5.56 Å². The van der Waals surface area contributed by atoms with Crippen molar-refractivity contribution in [3.8, 4) is 0 Å². The van der Waals surface area contributed by atoms with Gasteiger partial charge in [0.2, 0.25) is 0 Å². The third-order valence-electron chi connectivity index (χ3n) is 2.90. The molecule has 0 amide bonds. The number of carboxylic acids is 1. The van der Waals surface area contributed by atoms with Crippen LogP contribution in [0.4, 0.5) is 0 Å². The number of rotatable bonds is 6. The zero-order valence-electron chi connectivity index (χ0n) is 10.5. The largest absolute Gasteiger partial charge is 0.481 e. The van der Waals surface area contributed by atoms with E-state index in [0.29, 0.717) is 6.42 Å². The number of benzene rings is 1. The summed E-state index contributed by atoms with van der Waals surface area (Å²) in [5, 5.41) is 9.42. The number of allylic oxidation sites excluding steroid dienone is 5. The van der Waals surface area contributed by atoms with Gasteiger partial charge in [0.05, 0.1) is 5.41 Å². The van der Waals surface area contributed by atoms with E-state index in [-0.39, 0.29) is 0 Å². The minimum atomic E-state index is -0.889. The van der Waals surface area contributed by atoms with Crippen molar-refractivity contribution in [3.63, 3.8) is 0 Å². The fourth-order valence-electron chi connectivity index (χ4n) is 1.66. The molecule has 0 aliphatic heterocycles. The highest BCUT2D eigenvalue weighted by molar-refractivity contribution is 5.81. The summed E-state index contributed by atoms with van der Waals surface area (Å²) in [4.78, 5) is 11.5. The van der Waals surface area contributed by atoms with Gasteiger partial charge in [-0.1, -0.05) is 67.3 Å². The second-order valence-electron chi connectivity index (χ2n) is 4.26. The highest BCUT2D eigenvalue weighted by atomic mass is 16.4. The molecule has 0 saturated heterocycles. The highest BCUT2D eigenvalue weighted by Gasteiger charge is 2.33. The third-order valence-corrected chi connectivity index (χ3v) is 2.90. The molecule has 1 N–H and O–H groups in total. The van der Waals surface area contributed by atoms with Crippen LogP contribution in [0, 0.1) is 0 Å². The fraction of sp³-hybridized carbons (Fsp3) is 0.188. The van der Waals surface area contributed by atoms with Gasteiger partial charge in [0, 0.05) is 0 Å². The van der Waals surface area contributed by atoms with Gasteiger partial charge in [-0.15, -0.1) is 0 Å². The Morgan fingerprint density at radius 1 is 1.28 bits per heavy atom. The Kier molecular flexibility index (Phi) is 5.12. The van der Waals surface area contributed by atoms with Crippen molar-refractivity contribution in [2.75, 3.05) is 0 Å². The van der Waals surface area contributed by atoms with Crippen LogP contribution in [0.2, 0.25) is 0 Å². The molecule has 1 unspecified atom stereocenters. The van der Waals surface area contributed by atoms with Crippen molar-refractivity contribution in [3.05, 3.63) is 72.9 Å². The van der Waals surface area contributed by atoms with Gasteiger partial charge in [-0.05, 0) is 18.9 Å². The van der Waals surface area contributed by atoms with Crippen LogP contribution in [0.15, 0.2) is 67.3 Å². The van der Waals surface area contributed by atoms with Crippen LogP contribution in [0.1, 0.15) is 18.9 Å². The molecule has 2 heteroatoms. The Hall–Kier alpha value is -2.09. The molecule has 0 saturated carbocycles. The molecule has 94 valence electrons. The summed E-state index contributed by atoms with van der Waals surface area (Å²) in [5.74, 6) is -0.814. The van der Waals surface area contributed by atoms with Crippen molar-refractivity contribution in [2.45, 2.75) is 18.8 Å². The molecule has 0 heterocycles. The molecular formula is C16H18O2. The van der Waals surface area contributed by atoms with Gasteiger partial charge in [-0.3, -0.25) is 4.79 Å². The maximum absolute atomic E-state index is 11.5. The van der Waals surface area contributed by atoms with Gasteiger partial charge in [0.15, 0.2) is 0 Å². The standard InChI is InChI=1S/C16H18O2/c1-3-4-5-6-10-13-16(2,15(17)18)14-11-8-7-9-12-14/h3-12H,1,13H2,2H3,(H,17,18)/b5-4-,10-6-. The van der Waals surface area contributed by atoms with Crippen LogP contribution in [0.5, 0.6) is 0 Å². The predicted molar refractivity (Wildman–Crippen MR) is 74.5 cm³/mol. The van der Waals surface area contributed by atoms with Gasteiger partial charge in [-0.2, -0.15) is 0 Å². The van der Waals surface area contributed by atoms with Crippen LogP contribution in [0.3, 0.4) is 0 Å². The first-order chi connectivity index (χ1) is 8.61. The first kappa shape index (κ1) is 14.0. The van der Waals surface area contributed by atoms with E-state index in [1.54, 1.807) is 19.1 Å². The predicted octanol–water partition coefficient (Wildman–Crippen LogP) is 3.72. The maximum Gasteiger partial charge on any atom is 0.314 e. The number of hydrogen-bond acceptors (Lipinski definition) is 1. The van der Waals surface area contributed by atoms with Crippen LogP contribution in [-0.2, 0) is 10.2 Å². The van der Waals surface area contributed by atoms with Crippen LogP contribution < -0.4 is 0 Å². The smallest absolute Gasteiger partial charge is 0.314 e. The monoisotopic (exact) mass is 242 g/mol. The van der Waals surface area contributed by atoms with Crippen molar-refractivity contribution >= 4 is 5.97 Å². The van der Waals surface area contributed by atoms with Crippen molar-refractivity contribution in [1.82, 2.24) is 0 Å². The van der Waals surface area contributed by atoms with Gasteiger partial charge in [-0.25, -0.2) is 0 Å². The molecule has 1 aromatic carbocycles. The Morgan fingerprint density at radius 3 is 2.50 bits per heavy atom. The molecule has 0 aromatic heterocycles. The number of carbonyl (C=O) groups is 1. The van der Waals surface area contributed by atoms with Crippen LogP contribution in [0.25, 0.3) is 0 Å². The Labute approximate surface area is 108 Å². The zero-order valence-corrected chi connectivity index (χ0v) is 10.5. The van der Waals surface area contributed by atoms with Crippen LogP contribution in [-0.4, -0.2) is 11.1 Å². The quantitative estimate of drug-likeness (QED) is 0.772. The summed E-state index contributed by atoms with van der Waals surface area (Å²) in [5.41, 5.74) is -0.0744. The second-order valence-corrected chi connectivity index (χ2v) is 4.26. The summed E-state index contributed by atoms with van der Waals surface area (Å²) in [7, 11) is 0. The summed E-state index contributed by atoms with van der Waals surface area (Å²) < 4.78 is 0. The molecule has 1 aromatic rings. The van der Waals surface area contributed by atoms with E-state index in [1.807, 2.05) is 48.6 Å². The molecule has 1 rings (SSSR count). The minimum absolute atomic E-state index is 0.452. The summed E-state index contributed by atoms with van der Waals surface area (Å²) in [6, 6.07) is 9.30. The van der Waals surface area contributed by atoms with Crippen molar-refractivity contribution in [2.24, 2.45) is 0 Å². The minimum Gasteiger partial charge on any atom is -0.481 e. The maximum atomic E-state index is 11.5. The van der Waals surface area contributed by atoms with E-state index in [2.05, 4.69) is 6.58 Å². The summed E-state index contributed by atoms with van der Waals surface area (Å²) in [6.07, 6.45) is 9.47. The lowest BCUT2D eigenvalue weighted by molar-refractivity contribution is -0.143. The molecule has 0 fully saturated rings. The highest BCUT2D eigenvalue weighted by Crippen LogP contribution is 2.28. The average molecular weight is 242 g/mol. The molecule has 18 heavy (non-hydrogen) atoms. The van der Waals surface area contributed by atoms with Gasteiger partial charge in [0.1, 0.15) is 0 Å². The van der Waals surface area contributed by atoms with E-state index in [1.165, 1.54) is 0 Å². The SMILES string of the molecule is C=C/C=C\C=C/CC(C)(C(=O)O)c1ccccc1. The number of carboxylic acid groups (broad SMARTS) is 1. The van der Waals surface area contributed by atoms with Gasteiger partial charge in [0.25, 0.3) is 0 Å². The van der Waals surface area contributed by atoms with E-state index < -0.39 is 11.4 Å². The molecule has 2 nitrogen and oxygen atoms in total. The summed E-state index contributed by atoms with van der Waals surface area (Å²) in [6.45, 7) is 5.31. The molecule has 0 radical (unpaired) electrons.